The summed E-state index contributed by atoms with van der Waals surface area (Å²) >= 11 is 1.37. The topological polar surface area (TPSA) is 78.5 Å². The highest BCUT2D eigenvalue weighted by atomic mass is 32.2. The normalized spacial score (nSPS) is 14.5. The van der Waals surface area contributed by atoms with Crippen LogP contribution in [0.4, 0.5) is 4.79 Å². The van der Waals surface area contributed by atoms with Gasteiger partial charge in [0.1, 0.15) is 6.54 Å². The Labute approximate surface area is 114 Å². The third kappa shape index (κ3) is 3.72. The van der Waals surface area contributed by atoms with E-state index < -0.39 is 11.9 Å². The van der Waals surface area contributed by atoms with Gasteiger partial charge in [-0.05, 0) is 19.1 Å². The molecule has 0 bridgehead atoms. The Kier molecular flexibility index (Phi) is 4.06. The van der Waals surface area contributed by atoms with Gasteiger partial charge in [-0.2, -0.15) is 0 Å². The van der Waals surface area contributed by atoms with Crippen molar-refractivity contribution in [2.75, 3.05) is 12.3 Å². The minimum atomic E-state index is -0.598. The number of hydrogen-bond donors (Lipinski definition) is 2. The van der Waals surface area contributed by atoms with Gasteiger partial charge in [0.15, 0.2) is 0 Å². The second-order valence-corrected chi connectivity index (χ2v) is 5.12. The zero-order valence-corrected chi connectivity index (χ0v) is 11.1. The molecule has 0 atom stereocenters. The van der Waals surface area contributed by atoms with Gasteiger partial charge in [0.25, 0.3) is 0 Å². The van der Waals surface area contributed by atoms with E-state index in [1.165, 1.54) is 11.8 Å². The largest absolute Gasteiger partial charge is 0.343 e. The SMILES string of the molecule is Cc1ccc(SCC(=O)NN2CC(=O)NC2=O)cc1. The van der Waals surface area contributed by atoms with Crippen molar-refractivity contribution in [3.8, 4) is 0 Å². The summed E-state index contributed by atoms with van der Waals surface area (Å²) in [5.74, 6) is -0.562. The number of rotatable bonds is 4. The standard InChI is InChI=1S/C12H13N3O3S/c1-8-2-4-9(5-3-8)19-7-11(17)14-15-6-10(16)13-12(15)18/h2-5H,6-7H2,1H3,(H,14,17)(H,13,16,18). The molecule has 2 N–H and O–H groups in total. The number of aryl methyl sites for hydroxylation is 1. The lowest BCUT2D eigenvalue weighted by Gasteiger charge is -2.14. The van der Waals surface area contributed by atoms with E-state index in [-0.39, 0.29) is 18.2 Å². The molecular weight excluding hydrogens is 266 g/mol. The zero-order chi connectivity index (χ0) is 13.8. The fraction of sp³-hybridized carbons (Fsp3) is 0.250. The molecule has 0 saturated carbocycles. The second-order valence-electron chi connectivity index (χ2n) is 4.08. The number of carbonyl (C=O) groups excluding carboxylic acids is 3. The Morgan fingerprint density at radius 3 is 2.63 bits per heavy atom. The van der Waals surface area contributed by atoms with Crippen LogP contribution in [-0.4, -0.2) is 35.2 Å². The lowest BCUT2D eigenvalue weighted by Crippen LogP contribution is -2.44. The zero-order valence-electron chi connectivity index (χ0n) is 10.3. The number of imide groups is 1. The molecule has 1 aromatic rings. The molecule has 0 radical (unpaired) electrons. The van der Waals surface area contributed by atoms with Crippen molar-refractivity contribution in [3.05, 3.63) is 29.8 Å². The van der Waals surface area contributed by atoms with Gasteiger partial charge in [0, 0.05) is 4.90 Å². The van der Waals surface area contributed by atoms with Gasteiger partial charge < -0.3 is 0 Å². The number of benzene rings is 1. The number of thioether (sulfide) groups is 1. The quantitative estimate of drug-likeness (QED) is 0.627. The first kappa shape index (κ1) is 13.4. The molecule has 1 aliphatic rings. The van der Waals surface area contributed by atoms with E-state index in [4.69, 9.17) is 0 Å². The Morgan fingerprint density at radius 2 is 2.05 bits per heavy atom. The van der Waals surface area contributed by atoms with Gasteiger partial charge in [-0.3, -0.25) is 20.3 Å². The Hall–Kier alpha value is -2.02. The summed E-state index contributed by atoms with van der Waals surface area (Å²) in [6.07, 6.45) is 0. The lowest BCUT2D eigenvalue weighted by atomic mass is 10.2. The lowest BCUT2D eigenvalue weighted by molar-refractivity contribution is -0.122. The van der Waals surface area contributed by atoms with Crippen molar-refractivity contribution in [1.82, 2.24) is 15.8 Å². The van der Waals surface area contributed by atoms with Gasteiger partial charge in [-0.1, -0.05) is 17.7 Å². The number of nitrogens with zero attached hydrogens (tertiary/aromatic N) is 1. The van der Waals surface area contributed by atoms with Crippen LogP contribution in [0.5, 0.6) is 0 Å². The van der Waals surface area contributed by atoms with Crippen LogP contribution >= 0.6 is 11.8 Å². The van der Waals surface area contributed by atoms with Gasteiger partial charge in [-0.25, -0.2) is 9.80 Å². The van der Waals surface area contributed by atoms with Crippen LogP contribution in [0.15, 0.2) is 29.2 Å². The summed E-state index contributed by atoms with van der Waals surface area (Å²) in [5, 5.41) is 3.05. The van der Waals surface area contributed by atoms with E-state index in [1.807, 2.05) is 31.2 Å². The van der Waals surface area contributed by atoms with Crippen LogP contribution in [-0.2, 0) is 9.59 Å². The highest BCUT2D eigenvalue weighted by molar-refractivity contribution is 8.00. The third-order valence-corrected chi connectivity index (χ3v) is 3.46. The van der Waals surface area contributed by atoms with E-state index in [0.717, 1.165) is 15.5 Å². The summed E-state index contributed by atoms with van der Waals surface area (Å²) in [7, 11) is 0. The summed E-state index contributed by atoms with van der Waals surface area (Å²) in [4.78, 5) is 34.7. The molecule has 0 spiro atoms. The number of urea groups is 1. The molecule has 0 aliphatic carbocycles. The van der Waals surface area contributed by atoms with E-state index in [1.54, 1.807) is 0 Å². The maximum Gasteiger partial charge on any atom is 0.343 e. The van der Waals surface area contributed by atoms with Gasteiger partial charge in [0.2, 0.25) is 11.8 Å². The predicted molar refractivity (Wildman–Crippen MR) is 70.3 cm³/mol. The maximum absolute atomic E-state index is 11.6. The van der Waals surface area contributed by atoms with Crippen LogP contribution in [0.25, 0.3) is 0 Å². The van der Waals surface area contributed by atoms with Crippen molar-refractivity contribution >= 4 is 29.6 Å². The predicted octanol–water partition coefficient (Wildman–Crippen LogP) is 0.670. The van der Waals surface area contributed by atoms with Crippen LogP contribution in [0.2, 0.25) is 0 Å². The molecule has 1 heterocycles. The molecule has 1 aliphatic heterocycles. The average molecular weight is 279 g/mol. The summed E-state index contributed by atoms with van der Waals surface area (Å²) < 4.78 is 0. The summed E-state index contributed by atoms with van der Waals surface area (Å²) in [6, 6.07) is 7.19. The van der Waals surface area contributed by atoms with Crippen LogP contribution in [0.1, 0.15) is 5.56 Å². The molecule has 7 heteroatoms. The highest BCUT2D eigenvalue weighted by Gasteiger charge is 2.27. The fourth-order valence-electron chi connectivity index (χ4n) is 1.50. The van der Waals surface area contributed by atoms with Crippen molar-refractivity contribution in [1.29, 1.82) is 0 Å². The van der Waals surface area contributed by atoms with E-state index in [9.17, 15) is 14.4 Å². The molecule has 4 amide bonds. The summed E-state index contributed by atoms with van der Waals surface area (Å²) in [6.45, 7) is 1.85. The third-order valence-electron chi connectivity index (χ3n) is 2.44. The van der Waals surface area contributed by atoms with E-state index >= 15 is 0 Å². The Bertz CT molecular complexity index is 515. The minimum Gasteiger partial charge on any atom is -0.275 e. The minimum absolute atomic E-state index is 0.139. The van der Waals surface area contributed by atoms with E-state index in [0.29, 0.717) is 0 Å². The molecule has 2 rings (SSSR count). The number of amides is 4. The molecule has 6 nitrogen and oxygen atoms in total. The number of nitrogens with one attached hydrogen (secondary N) is 2. The second kappa shape index (κ2) is 5.75. The van der Waals surface area contributed by atoms with Crippen molar-refractivity contribution in [3.63, 3.8) is 0 Å². The maximum atomic E-state index is 11.6. The molecule has 1 fully saturated rings. The first-order valence-electron chi connectivity index (χ1n) is 5.65. The highest BCUT2D eigenvalue weighted by Crippen LogP contribution is 2.17. The average Bonchev–Trinajstić information content (AvgIpc) is 2.67. The molecule has 0 unspecified atom stereocenters. The molecule has 1 saturated heterocycles. The number of carbonyl (C=O) groups is 3. The molecule has 0 aromatic heterocycles. The van der Waals surface area contributed by atoms with Crippen LogP contribution < -0.4 is 10.7 Å². The van der Waals surface area contributed by atoms with Crippen molar-refractivity contribution in [2.45, 2.75) is 11.8 Å². The Balaban J connectivity index is 1.80. The van der Waals surface area contributed by atoms with Crippen LogP contribution in [0.3, 0.4) is 0 Å². The van der Waals surface area contributed by atoms with Crippen molar-refractivity contribution in [2.24, 2.45) is 0 Å². The van der Waals surface area contributed by atoms with Crippen LogP contribution in [0, 0.1) is 6.92 Å². The summed E-state index contributed by atoms with van der Waals surface area (Å²) in [5.41, 5.74) is 3.54. The van der Waals surface area contributed by atoms with Gasteiger partial charge in [-0.15, -0.1) is 11.8 Å². The van der Waals surface area contributed by atoms with Gasteiger partial charge >= 0.3 is 6.03 Å². The molecule has 19 heavy (non-hydrogen) atoms. The number of hydrazine groups is 1. The van der Waals surface area contributed by atoms with Gasteiger partial charge in [0.05, 0.1) is 5.75 Å². The van der Waals surface area contributed by atoms with Crippen molar-refractivity contribution < 1.29 is 14.4 Å². The monoisotopic (exact) mass is 279 g/mol. The molecular formula is C12H13N3O3S. The number of hydrogen-bond acceptors (Lipinski definition) is 4. The fourth-order valence-corrected chi connectivity index (χ4v) is 2.19. The molecule has 100 valence electrons. The first-order valence-corrected chi connectivity index (χ1v) is 6.63. The van der Waals surface area contributed by atoms with E-state index in [2.05, 4.69) is 10.7 Å². The first-order chi connectivity index (χ1) is 9.04. The Morgan fingerprint density at radius 1 is 1.37 bits per heavy atom. The smallest absolute Gasteiger partial charge is 0.275 e. The molecule has 1 aromatic carbocycles.